The van der Waals surface area contributed by atoms with E-state index >= 15 is 0 Å². The van der Waals surface area contributed by atoms with Crippen molar-refractivity contribution < 1.29 is 19.1 Å². The minimum Gasteiger partial charge on any atom is -0.497 e. The molecule has 0 aromatic heterocycles. The highest BCUT2D eigenvalue weighted by molar-refractivity contribution is 8.00. The molecular weight excluding hydrogens is 546 g/mol. The second kappa shape index (κ2) is 14.7. The maximum Gasteiger partial charge on any atom is 0.272 e. The molecule has 0 saturated heterocycles. The summed E-state index contributed by atoms with van der Waals surface area (Å²) in [6, 6.07) is 30.8. The van der Waals surface area contributed by atoms with Crippen LogP contribution in [0.5, 0.6) is 5.75 Å². The van der Waals surface area contributed by atoms with Crippen LogP contribution in [-0.4, -0.2) is 30.1 Å². The smallest absolute Gasteiger partial charge is 0.272 e. The predicted molar refractivity (Wildman–Crippen MR) is 170 cm³/mol. The van der Waals surface area contributed by atoms with Gasteiger partial charge in [0.1, 0.15) is 11.4 Å². The third-order valence-corrected chi connectivity index (χ3v) is 7.77. The van der Waals surface area contributed by atoms with Gasteiger partial charge in [-0.1, -0.05) is 55.5 Å². The van der Waals surface area contributed by atoms with Gasteiger partial charge >= 0.3 is 0 Å². The van der Waals surface area contributed by atoms with Crippen molar-refractivity contribution in [2.45, 2.75) is 30.4 Å². The van der Waals surface area contributed by atoms with E-state index in [1.807, 2.05) is 62.4 Å². The molecule has 7 nitrogen and oxygen atoms in total. The van der Waals surface area contributed by atoms with Gasteiger partial charge in [-0.05, 0) is 85.1 Å². The molecular formula is C34H33N3O4S. The number of aryl methyl sites for hydroxylation is 1. The molecule has 0 bridgehead atoms. The van der Waals surface area contributed by atoms with E-state index in [4.69, 9.17) is 4.74 Å². The lowest BCUT2D eigenvalue weighted by Crippen LogP contribution is -2.30. The van der Waals surface area contributed by atoms with Crippen molar-refractivity contribution in [2.24, 2.45) is 0 Å². The molecule has 0 spiro atoms. The zero-order valence-electron chi connectivity index (χ0n) is 23.7. The minimum atomic E-state index is -0.464. The molecule has 3 N–H and O–H groups in total. The molecule has 0 aliphatic heterocycles. The monoisotopic (exact) mass is 579 g/mol. The molecule has 4 rings (SSSR count). The Morgan fingerprint density at radius 2 is 1.55 bits per heavy atom. The van der Waals surface area contributed by atoms with Gasteiger partial charge < -0.3 is 20.7 Å². The Hall–Kier alpha value is -4.82. The molecule has 4 aromatic rings. The van der Waals surface area contributed by atoms with Crippen LogP contribution in [0.2, 0.25) is 0 Å². The molecule has 4 aromatic carbocycles. The number of anilines is 2. The summed E-state index contributed by atoms with van der Waals surface area (Å²) in [5, 5.41) is 8.28. The van der Waals surface area contributed by atoms with E-state index in [0.29, 0.717) is 29.1 Å². The number of rotatable bonds is 11. The van der Waals surface area contributed by atoms with Crippen LogP contribution < -0.4 is 20.7 Å². The minimum absolute atomic E-state index is 0.113. The molecule has 3 amide bonds. The molecule has 1 atom stereocenters. The Balaban J connectivity index is 1.49. The highest BCUT2D eigenvalue weighted by Crippen LogP contribution is 2.29. The number of benzene rings is 4. The van der Waals surface area contributed by atoms with Gasteiger partial charge in [-0.15, -0.1) is 11.8 Å². The molecule has 0 aliphatic carbocycles. The summed E-state index contributed by atoms with van der Waals surface area (Å²) in [5.74, 6) is -0.253. The highest BCUT2D eigenvalue weighted by Gasteiger charge is 2.19. The number of hydrogen-bond acceptors (Lipinski definition) is 5. The van der Waals surface area contributed by atoms with Crippen LogP contribution in [0, 0.1) is 6.92 Å². The maximum absolute atomic E-state index is 13.5. The summed E-state index contributed by atoms with van der Waals surface area (Å²) in [4.78, 5) is 40.2. The topological polar surface area (TPSA) is 96.5 Å². The van der Waals surface area contributed by atoms with E-state index in [1.165, 1.54) is 11.8 Å². The van der Waals surface area contributed by atoms with E-state index in [2.05, 4.69) is 16.0 Å². The largest absolute Gasteiger partial charge is 0.497 e. The molecule has 0 aliphatic rings. The van der Waals surface area contributed by atoms with E-state index < -0.39 is 5.91 Å². The maximum atomic E-state index is 13.5. The Kier molecular flexibility index (Phi) is 10.6. The van der Waals surface area contributed by atoms with Gasteiger partial charge in [0.05, 0.1) is 12.4 Å². The quantitative estimate of drug-likeness (QED) is 0.132. The molecule has 0 saturated carbocycles. The number of ether oxygens (including phenoxy) is 1. The summed E-state index contributed by atoms with van der Waals surface area (Å²) in [7, 11) is 1.59. The van der Waals surface area contributed by atoms with Crippen LogP contribution in [0.1, 0.15) is 34.8 Å². The van der Waals surface area contributed by atoms with Crippen molar-refractivity contribution in [3.63, 3.8) is 0 Å². The zero-order chi connectivity index (χ0) is 29.9. The van der Waals surface area contributed by atoms with Crippen molar-refractivity contribution in [1.29, 1.82) is 0 Å². The molecule has 0 heterocycles. The first-order valence-corrected chi connectivity index (χ1v) is 14.4. The normalized spacial score (nSPS) is 11.7. The van der Waals surface area contributed by atoms with Gasteiger partial charge in [0.25, 0.3) is 11.8 Å². The lowest BCUT2D eigenvalue weighted by molar-refractivity contribution is -0.116. The third-order valence-electron chi connectivity index (χ3n) is 6.41. The average Bonchev–Trinajstić information content (AvgIpc) is 3.01. The standard InChI is InChI=1S/C34H33N3O4S/c1-4-31(34(40)35-26-17-19-28(41-3)20-18-26)42-29-16-10-15-27(22-29)36-33(39)30(21-25-14-9-8-11-23(25)2)37-32(38)24-12-6-5-7-13-24/h5-22,31H,4H2,1-3H3,(H,35,40)(H,36,39)(H,37,38)/b30-21-. The number of methoxy groups -OCH3 is 1. The first kappa shape index (κ1) is 30.1. The highest BCUT2D eigenvalue weighted by atomic mass is 32.2. The second-order valence-corrected chi connectivity index (χ2v) is 10.7. The summed E-state index contributed by atoms with van der Waals surface area (Å²) < 4.78 is 5.18. The van der Waals surface area contributed by atoms with Gasteiger partial charge in [-0.2, -0.15) is 0 Å². The van der Waals surface area contributed by atoms with E-state index in [-0.39, 0.29) is 22.8 Å². The SMILES string of the molecule is CCC(Sc1cccc(NC(=O)/C(=C/c2ccccc2C)NC(=O)c2ccccc2)c1)C(=O)Nc1ccc(OC)cc1. The number of thioether (sulfide) groups is 1. The van der Waals surface area contributed by atoms with Crippen molar-refractivity contribution in [3.05, 3.63) is 126 Å². The van der Waals surface area contributed by atoms with Crippen LogP contribution in [-0.2, 0) is 9.59 Å². The third kappa shape index (κ3) is 8.34. The second-order valence-electron chi connectivity index (χ2n) is 9.45. The van der Waals surface area contributed by atoms with Crippen LogP contribution in [0.15, 0.2) is 114 Å². The Bertz CT molecular complexity index is 1570. The van der Waals surface area contributed by atoms with Gasteiger partial charge in [-0.3, -0.25) is 14.4 Å². The molecule has 0 fully saturated rings. The molecule has 214 valence electrons. The summed E-state index contributed by atoms with van der Waals surface area (Å²) in [5.41, 5.74) is 3.56. The number of hydrogen-bond donors (Lipinski definition) is 3. The lowest BCUT2D eigenvalue weighted by Gasteiger charge is -2.16. The van der Waals surface area contributed by atoms with Crippen LogP contribution in [0.3, 0.4) is 0 Å². The summed E-state index contributed by atoms with van der Waals surface area (Å²) >= 11 is 1.41. The summed E-state index contributed by atoms with van der Waals surface area (Å²) in [6.45, 7) is 3.89. The van der Waals surface area contributed by atoms with Gasteiger partial charge in [0.2, 0.25) is 5.91 Å². The number of amides is 3. The molecule has 1 unspecified atom stereocenters. The van der Waals surface area contributed by atoms with Gasteiger partial charge in [0, 0.05) is 21.8 Å². The Labute approximate surface area is 250 Å². The zero-order valence-corrected chi connectivity index (χ0v) is 24.5. The van der Waals surface area contributed by atoms with Crippen LogP contribution in [0.25, 0.3) is 6.08 Å². The number of carbonyl (C=O) groups is 3. The first-order valence-electron chi connectivity index (χ1n) is 13.5. The predicted octanol–water partition coefficient (Wildman–Crippen LogP) is 6.92. The number of nitrogens with one attached hydrogen (secondary N) is 3. The van der Waals surface area contributed by atoms with Crippen LogP contribution in [0.4, 0.5) is 11.4 Å². The van der Waals surface area contributed by atoms with Crippen molar-refractivity contribution >= 4 is 46.9 Å². The number of carbonyl (C=O) groups excluding carboxylic acids is 3. The average molecular weight is 580 g/mol. The van der Waals surface area contributed by atoms with Crippen molar-refractivity contribution in [3.8, 4) is 5.75 Å². The fourth-order valence-corrected chi connectivity index (χ4v) is 5.09. The van der Waals surface area contributed by atoms with Crippen molar-refractivity contribution in [1.82, 2.24) is 5.32 Å². The Morgan fingerprint density at radius 3 is 2.24 bits per heavy atom. The van der Waals surface area contributed by atoms with Crippen LogP contribution >= 0.6 is 11.8 Å². The van der Waals surface area contributed by atoms with Gasteiger partial charge in [0.15, 0.2) is 0 Å². The van der Waals surface area contributed by atoms with E-state index in [9.17, 15) is 14.4 Å². The van der Waals surface area contributed by atoms with E-state index in [1.54, 1.807) is 67.8 Å². The van der Waals surface area contributed by atoms with Crippen molar-refractivity contribution in [2.75, 3.05) is 17.7 Å². The van der Waals surface area contributed by atoms with Gasteiger partial charge in [-0.25, -0.2) is 0 Å². The molecule has 8 heteroatoms. The summed E-state index contributed by atoms with van der Waals surface area (Å²) in [6.07, 6.45) is 2.28. The fourth-order valence-electron chi connectivity index (χ4n) is 4.08. The molecule has 42 heavy (non-hydrogen) atoms. The first-order chi connectivity index (χ1) is 20.4. The molecule has 0 radical (unpaired) electrons. The fraction of sp³-hybridized carbons (Fsp3) is 0.147. The Morgan fingerprint density at radius 1 is 0.833 bits per heavy atom. The lowest BCUT2D eigenvalue weighted by atomic mass is 10.1. The van der Waals surface area contributed by atoms with E-state index in [0.717, 1.165) is 16.0 Å².